The lowest BCUT2D eigenvalue weighted by Crippen LogP contribution is -2.55. The molecule has 0 saturated heterocycles. The molecule has 1 aromatic rings. The van der Waals surface area contributed by atoms with E-state index in [0.29, 0.717) is 19.4 Å². The molecule has 2 rings (SSSR count). The van der Waals surface area contributed by atoms with Crippen LogP contribution in [0.15, 0.2) is 24.3 Å². The second-order valence-electron chi connectivity index (χ2n) is 5.75. The Labute approximate surface area is 143 Å². The molecule has 1 aliphatic rings. The Morgan fingerprint density at radius 2 is 2.04 bits per heavy atom. The second kappa shape index (κ2) is 8.61. The molecule has 0 heterocycles. The molecule has 0 radical (unpaired) electrons. The number of urea groups is 1. The summed E-state index contributed by atoms with van der Waals surface area (Å²) in [5.74, 6) is -0.996. The predicted molar refractivity (Wildman–Crippen MR) is 86.9 cm³/mol. The maximum atomic E-state index is 12.4. The van der Waals surface area contributed by atoms with Gasteiger partial charge in [0.1, 0.15) is 5.75 Å². The minimum atomic E-state index is -2.98. The average Bonchev–Trinajstić information content (AvgIpc) is 2.49. The molecular formula is C16H21F2N3O4. The molecule has 1 aromatic carbocycles. The van der Waals surface area contributed by atoms with Crippen LogP contribution >= 0.6 is 0 Å². The predicted octanol–water partition coefficient (Wildman–Crippen LogP) is 2.35. The van der Waals surface area contributed by atoms with Crippen LogP contribution in [0.5, 0.6) is 5.75 Å². The van der Waals surface area contributed by atoms with Crippen LogP contribution in [0.2, 0.25) is 0 Å². The normalized spacial score (nSPS) is 19.4. The fourth-order valence-corrected chi connectivity index (χ4v) is 2.79. The molecule has 1 fully saturated rings. The molecule has 1 aliphatic carbocycles. The van der Waals surface area contributed by atoms with Crippen LogP contribution in [0, 0.1) is 0 Å². The number of likely N-dealkylation sites (N-methyl/N-ethyl adjacent to an activating group) is 1. The number of nitrogens with zero attached hydrogens (tertiary/aromatic N) is 1. The van der Waals surface area contributed by atoms with Gasteiger partial charge in [0.05, 0.1) is 12.2 Å². The first-order chi connectivity index (χ1) is 11.9. The quantitative estimate of drug-likeness (QED) is 0.664. The third-order valence-corrected chi connectivity index (χ3v) is 4.06. The highest BCUT2D eigenvalue weighted by Gasteiger charge is 2.34. The molecule has 138 valence electrons. The molecule has 2 amide bonds. The molecule has 9 heteroatoms. The van der Waals surface area contributed by atoms with Crippen LogP contribution in [0.3, 0.4) is 0 Å². The number of carboxylic acid groups (broad SMARTS) is 1. The molecule has 0 atom stereocenters. The van der Waals surface area contributed by atoms with Gasteiger partial charge in [0, 0.05) is 12.1 Å². The van der Waals surface area contributed by atoms with Crippen LogP contribution in [-0.2, 0) is 4.79 Å². The number of carbonyl (C=O) groups excluding carboxylic acids is 1. The van der Waals surface area contributed by atoms with Gasteiger partial charge in [-0.25, -0.2) is 4.79 Å². The zero-order valence-corrected chi connectivity index (χ0v) is 13.7. The van der Waals surface area contributed by atoms with E-state index >= 15 is 0 Å². The van der Waals surface area contributed by atoms with Crippen LogP contribution in [0.1, 0.15) is 19.8 Å². The third-order valence-electron chi connectivity index (χ3n) is 4.06. The SMILES string of the molecule is CCN(CC(=O)O)C1CC(NC(=O)Nc2ccccc2OC(F)F)C1. The molecule has 0 spiro atoms. The van der Waals surface area contributed by atoms with E-state index in [-0.39, 0.29) is 30.1 Å². The number of alkyl halides is 2. The van der Waals surface area contributed by atoms with Crippen molar-refractivity contribution in [3.05, 3.63) is 24.3 Å². The maximum absolute atomic E-state index is 12.4. The first-order valence-electron chi connectivity index (χ1n) is 7.96. The van der Waals surface area contributed by atoms with Gasteiger partial charge >= 0.3 is 18.6 Å². The summed E-state index contributed by atoms with van der Waals surface area (Å²) in [6, 6.07) is 5.43. The van der Waals surface area contributed by atoms with Crippen molar-refractivity contribution < 1.29 is 28.2 Å². The molecular weight excluding hydrogens is 336 g/mol. The van der Waals surface area contributed by atoms with Crippen molar-refractivity contribution in [3.8, 4) is 5.75 Å². The van der Waals surface area contributed by atoms with Crippen molar-refractivity contribution in [1.82, 2.24) is 10.2 Å². The molecule has 0 unspecified atom stereocenters. The van der Waals surface area contributed by atoms with Gasteiger partial charge in [-0.1, -0.05) is 19.1 Å². The number of amides is 2. The Morgan fingerprint density at radius 3 is 2.64 bits per heavy atom. The monoisotopic (exact) mass is 357 g/mol. The number of aliphatic carboxylic acids is 1. The Balaban J connectivity index is 1.82. The van der Waals surface area contributed by atoms with E-state index < -0.39 is 18.6 Å². The van der Waals surface area contributed by atoms with E-state index in [2.05, 4.69) is 15.4 Å². The highest BCUT2D eigenvalue weighted by Crippen LogP contribution is 2.27. The van der Waals surface area contributed by atoms with Crippen LogP contribution in [0.25, 0.3) is 0 Å². The van der Waals surface area contributed by atoms with Gasteiger partial charge in [0.15, 0.2) is 0 Å². The summed E-state index contributed by atoms with van der Waals surface area (Å²) in [5, 5.41) is 14.1. The van der Waals surface area contributed by atoms with E-state index in [1.54, 1.807) is 6.07 Å². The minimum absolute atomic E-state index is 0.0293. The number of hydrogen-bond donors (Lipinski definition) is 3. The summed E-state index contributed by atoms with van der Waals surface area (Å²) in [6.07, 6.45) is 1.29. The Hall–Kier alpha value is -2.42. The van der Waals surface area contributed by atoms with Crippen LogP contribution in [-0.4, -0.2) is 53.8 Å². The van der Waals surface area contributed by atoms with Gasteiger partial charge in [-0.3, -0.25) is 9.69 Å². The van der Waals surface area contributed by atoms with Gasteiger partial charge in [-0.2, -0.15) is 8.78 Å². The highest BCUT2D eigenvalue weighted by molar-refractivity contribution is 5.91. The summed E-state index contributed by atoms with van der Waals surface area (Å²) in [4.78, 5) is 24.6. The molecule has 0 bridgehead atoms. The van der Waals surface area contributed by atoms with E-state index in [4.69, 9.17) is 5.11 Å². The topological polar surface area (TPSA) is 90.9 Å². The first-order valence-corrected chi connectivity index (χ1v) is 7.96. The number of ether oxygens (including phenoxy) is 1. The van der Waals surface area contributed by atoms with Gasteiger partial charge in [-0.05, 0) is 31.5 Å². The third kappa shape index (κ3) is 5.56. The highest BCUT2D eigenvalue weighted by atomic mass is 19.3. The number of carboxylic acids is 1. The fourth-order valence-electron chi connectivity index (χ4n) is 2.79. The summed E-state index contributed by atoms with van der Waals surface area (Å²) >= 11 is 0. The lowest BCUT2D eigenvalue weighted by Gasteiger charge is -2.42. The van der Waals surface area contributed by atoms with E-state index in [1.165, 1.54) is 18.2 Å². The fraction of sp³-hybridized carbons (Fsp3) is 0.500. The number of benzene rings is 1. The summed E-state index contributed by atoms with van der Waals surface area (Å²) in [6.45, 7) is -0.504. The summed E-state index contributed by atoms with van der Waals surface area (Å²) in [7, 11) is 0. The Kier molecular flexibility index (Phi) is 6.51. The maximum Gasteiger partial charge on any atom is 0.387 e. The van der Waals surface area contributed by atoms with Gasteiger partial charge in [-0.15, -0.1) is 0 Å². The number of halogens is 2. The standard InChI is InChI=1S/C16H21F2N3O4/c1-2-21(9-14(22)23)11-7-10(8-11)19-16(24)20-12-5-3-4-6-13(12)25-15(17)18/h3-6,10-11,15H,2,7-9H2,1H3,(H,22,23)(H2,19,20,24). The number of rotatable bonds is 8. The number of carbonyl (C=O) groups is 2. The first kappa shape index (κ1) is 18.9. The van der Waals surface area contributed by atoms with E-state index in [0.717, 1.165) is 0 Å². The van der Waals surface area contributed by atoms with Crippen LogP contribution < -0.4 is 15.4 Å². The molecule has 0 aromatic heterocycles. The lowest BCUT2D eigenvalue weighted by atomic mass is 9.85. The zero-order chi connectivity index (χ0) is 18.4. The second-order valence-corrected chi connectivity index (χ2v) is 5.75. The summed E-state index contributed by atoms with van der Waals surface area (Å²) < 4.78 is 29.1. The van der Waals surface area contributed by atoms with E-state index in [1.807, 2.05) is 11.8 Å². The van der Waals surface area contributed by atoms with Crippen molar-refractivity contribution in [1.29, 1.82) is 0 Å². The van der Waals surface area contributed by atoms with Gasteiger partial charge in [0.25, 0.3) is 0 Å². The van der Waals surface area contributed by atoms with Crippen molar-refractivity contribution >= 4 is 17.7 Å². The molecule has 7 nitrogen and oxygen atoms in total. The molecule has 25 heavy (non-hydrogen) atoms. The average molecular weight is 357 g/mol. The number of hydrogen-bond acceptors (Lipinski definition) is 4. The van der Waals surface area contributed by atoms with Crippen molar-refractivity contribution in [2.75, 3.05) is 18.4 Å². The van der Waals surface area contributed by atoms with Crippen LogP contribution in [0.4, 0.5) is 19.3 Å². The van der Waals surface area contributed by atoms with Gasteiger partial charge < -0.3 is 20.5 Å². The van der Waals surface area contributed by atoms with Gasteiger partial charge in [0.2, 0.25) is 0 Å². The summed E-state index contributed by atoms with van der Waals surface area (Å²) in [5.41, 5.74) is 0.150. The van der Waals surface area contributed by atoms with Crippen molar-refractivity contribution in [2.24, 2.45) is 0 Å². The molecule has 3 N–H and O–H groups in total. The molecule has 1 saturated carbocycles. The number of para-hydroxylation sites is 2. The number of nitrogens with one attached hydrogen (secondary N) is 2. The number of anilines is 1. The smallest absolute Gasteiger partial charge is 0.387 e. The lowest BCUT2D eigenvalue weighted by molar-refractivity contribution is -0.139. The van der Waals surface area contributed by atoms with Crippen molar-refractivity contribution in [3.63, 3.8) is 0 Å². The van der Waals surface area contributed by atoms with Crippen molar-refractivity contribution in [2.45, 2.75) is 38.5 Å². The minimum Gasteiger partial charge on any atom is -0.480 e. The van der Waals surface area contributed by atoms with E-state index in [9.17, 15) is 18.4 Å². The largest absolute Gasteiger partial charge is 0.480 e. The Morgan fingerprint density at radius 1 is 1.36 bits per heavy atom. The zero-order valence-electron chi connectivity index (χ0n) is 13.7. The Bertz CT molecular complexity index is 609. The molecule has 0 aliphatic heterocycles.